The minimum atomic E-state index is -0.310. The van der Waals surface area contributed by atoms with Gasteiger partial charge in [0.1, 0.15) is 6.10 Å². The molecule has 0 aromatic heterocycles. The van der Waals surface area contributed by atoms with Crippen LogP contribution in [0.1, 0.15) is 43.4 Å². The van der Waals surface area contributed by atoms with Crippen molar-refractivity contribution in [2.75, 3.05) is 18.8 Å². The van der Waals surface area contributed by atoms with E-state index in [0.717, 1.165) is 37.1 Å². The zero-order chi connectivity index (χ0) is 13.8. The molecule has 0 bridgehead atoms. The van der Waals surface area contributed by atoms with Crippen LogP contribution in [0.25, 0.3) is 0 Å². The summed E-state index contributed by atoms with van der Waals surface area (Å²) >= 11 is 0. The second-order valence-corrected chi connectivity index (χ2v) is 5.15. The van der Waals surface area contributed by atoms with Crippen LogP contribution >= 0.6 is 0 Å². The molecule has 2 N–H and O–H groups in total. The van der Waals surface area contributed by atoms with E-state index >= 15 is 0 Å². The normalized spacial score (nSPS) is 17.1. The van der Waals surface area contributed by atoms with Gasteiger partial charge >= 0.3 is 6.09 Å². The molecule has 19 heavy (non-hydrogen) atoms. The fraction of sp³-hybridized carbons (Fsp3) is 0.533. The Balaban J connectivity index is 2.04. The third kappa shape index (κ3) is 3.19. The minimum Gasteiger partial charge on any atom is -0.441 e. The molecule has 1 fully saturated rings. The van der Waals surface area contributed by atoms with Crippen LogP contribution in [0, 0.1) is 6.92 Å². The van der Waals surface area contributed by atoms with Crippen molar-refractivity contribution in [3.05, 3.63) is 29.3 Å². The van der Waals surface area contributed by atoms with Gasteiger partial charge in [0.05, 0.1) is 0 Å². The summed E-state index contributed by atoms with van der Waals surface area (Å²) < 4.78 is 5.54. The van der Waals surface area contributed by atoms with Crippen LogP contribution in [0.15, 0.2) is 18.2 Å². The first kappa shape index (κ1) is 13.7. The Kier molecular flexibility index (Phi) is 4.30. The van der Waals surface area contributed by atoms with Crippen molar-refractivity contribution in [2.24, 2.45) is 0 Å². The number of rotatable bonds is 2. The molecule has 2 rings (SSSR count). The van der Waals surface area contributed by atoms with Crippen LogP contribution < -0.4 is 5.73 Å². The van der Waals surface area contributed by atoms with Crippen LogP contribution in [-0.4, -0.2) is 24.1 Å². The number of ether oxygens (including phenoxy) is 1. The molecule has 1 amide bonds. The number of hydrogen-bond acceptors (Lipinski definition) is 3. The van der Waals surface area contributed by atoms with E-state index in [1.165, 1.54) is 6.42 Å². The number of amides is 1. The summed E-state index contributed by atoms with van der Waals surface area (Å²) in [6, 6.07) is 5.73. The Morgan fingerprint density at radius 2 is 2.00 bits per heavy atom. The Labute approximate surface area is 114 Å². The molecule has 1 aliphatic rings. The van der Waals surface area contributed by atoms with Crippen molar-refractivity contribution >= 4 is 11.8 Å². The largest absolute Gasteiger partial charge is 0.441 e. The lowest BCUT2D eigenvalue weighted by Crippen LogP contribution is -2.36. The molecule has 1 atom stereocenters. The van der Waals surface area contributed by atoms with E-state index in [-0.39, 0.29) is 12.2 Å². The predicted octanol–water partition coefficient (Wildman–Crippen LogP) is 3.26. The first-order valence-corrected chi connectivity index (χ1v) is 6.90. The third-order valence-electron chi connectivity index (χ3n) is 3.66. The molecule has 4 nitrogen and oxygen atoms in total. The van der Waals surface area contributed by atoms with E-state index in [4.69, 9.17) is 10.5 Å². The first-order chi connectivity index (χ1) is 9.09. The van der Waals surface area contributed by atoms with Gasteiger partial charge in [-0.1, -0.05) is 12.1 Å². The van der Waals surface area contributed by atoms with E-state index in [2.05, 4.69) is 0 Å². The number of benzene rings is 1. The number of nitrogens with zero attached hydrogens (tertiary/aromatic N) is 1. The highest BCUT2D eigenvalue weighted by Gasteiger charge is 2.22. The molecule has 1 unspecified atom stereocenters. The smallest absolute Gasteiger partial charge is 0.410 e. The molecule has 1 aromatic carbocycles. The summed E-state index contributed by atoms with van der Waals surface area (Å²) in [7, 11) is 0. The second-order valence-electron chi connectivity index (χ2n) is 5.15. The fourth-order valence-corrected chi connectivity index (χ4v) is 2.62. The van der Waals surface area contributed by atoms with Crippen LogP contribution in [-0.2, 0) is 4.74 Å². The van der Waals surface area contributed by atoms with Gasteiger partial charge in [0.2, 0.25) is 0 Å². The first-order valence-electron chi connectivity index (χ1n) is 6.90. The number of piperidine rings is 1. The van der Waals surface area contributed by atoms with Gasteiger partial charge in [-0.25, -0.2) is 4.79 Å². The molecule has 104 valence electrons. The van der Waals surface area contributed by atoms with E-state index in [9.17, 15) is 4.79 Å². The van der Waals surface area contributed by atoms with Gasteiger partial charge in [-0.3, -0.25) is 0 Å². The van der Waals surface area contributed by atoms with Crippen molar-refractivity contribution in [1.82, 2.24) is 4.90 Å². The zero-order valence-electron chi connectivity index (χ0n) is 11.7. The highest BCUT2D eigenvalue weighted by Crippen LogP contribution is 2.27. The third-order valence-corrected chi connectivity index (χ3v) is 3.66. The quantitative estimate of drug-likeness (QED) is 0.832. The van der Waals surface area contributed by atoms with Crippen molar-refractivity contribution in [1.29, 1.82) is 0 Å². The molecule has 0 saturated carbocycles. The van der Waals surface area contributed by atoms with Crippen molar-refractivity contribution < 1.29 is 9.53 Å². The number of aryl methyl sites for hydroxylation is 1. The summed E-state index contributed by atoms with van der Waals surface area (Å²) in [6.45, 7) is 5.46. The molecule has 4 heteroatoms. The van der Waals surface area contributed by atoms with Crippen LogP contribution in [0.2, 0.25) is 0 Å². The minimum absolute atomic E-state index is 0.227. The summed E-state index contributed by atoms with van der Waals surface area (Å²) in [4.78, 5) is 13.9. The standard InChI is InChI=1S/C15H22N2O2/c1-11-7-6-8-13(16)14(11)12(2)19-15(18)17-9-4-3-5-10-17/h6-8,12H,3-5,9-10,16H2,1-2H3. The van der Waals surface area contributed by atoms with Crippen LogP contribution in [0.4, 0.5) is 10.5 Å². The van der Waals surface area contributed by atoms with Gasteiger partial charge in [0.15, 0.2) is 0 Å². The highest BCUT2D eigenvalue weighted by atomic mass is 16.6. The van der Waals surface area contributed by atoms with E-state index < -0.39 is 0 Å². The van der Waals surface area contributed by atoms with Crippen molar-refractivity contribution in [3.63, 3.8) is 0 Å². The zero-order valence-corrected chi connectivity index (χ0v) is 11.7. The lowest BCUT2D eigenvalue weighted by atomic mass is 10.0. The molecular formula is C15H22N2O2. The molecule has 0 radical (unpaired) electrons. The number of carbonyl (C=O) groups excluding carboxylic acids is 1. The lowest BCUT2D eigenvalue weighted by molar-refractivity contribution is 0.0643. The topological polar surface area (TPSA) is 55.6 Å². The van der Waals surface area contributed by atoms with Gasteiger partial charge in [-0.2, -0.15) is 0 Å². The Hall–Kier alpha value is -1.71. The number of nitrogens with two attached hydrogens (primary N) is 1. The van der Waals surface area contributed by atoms with Crippen molar-refractivity contribution in [3.8, 4) is 0 Å². The van der Waals surface area contributed by atoms with E-state index in [0.29, 0.717) is 5.69 Å². The van der Waals surface area contributed by atoms with E-state index in [1.54, 1.807) is 4.90 Å². The molecule has 0 spiro atoms. The predicted molar refractivity (Wildman–Crippen MR) is 75.9 cm³/mol. The average Bonchev–Trinajstić information content (AvgIpc) is 2.39. The van der Waals surface area contributed by atoms with Crippen LogP contribution in [0.5, 0.6) is 0 Å². The summed E-state index contributed by atoms with van der Waals surface area (Å²) in [6.07, 6.45) is 2.79. The van der Waals surface area contributed by atoms with Gasteiger partial charge in [-0.05, 0) is 44.7 Å². The molecule has 1 saturated heterocycles. The fourth-order valence-electron chi connectivity index (χ4n) is 2.62. The maximum absolute atomic E-state index is 12.1. The number of carbonyl (C=O) groups is 1. The molecule has 1 aliphatic heterocycles. The number of hydrogen-bond donors (Lipinski definition) is 1. The lowest BCUT2D eigenvalue weighted by Gasteiger charge is -2.28. The molecule has 1 aromatic rings. The SMILES string of the molecule is Cc1cccc(N)c1C(C)OC(=O)N1CCCCC1. The maximum Gasteiger partial charge on any atom is 0.410 e. The molecule has 1 heterocycles. The monoisotopic (exact) mass is 262 g/mol. The maximum atomic E-state index is 12.1. The number of likely N-dealkylation sites (tertiary alicyclic amines) is 1. The van der Waals surface area contributed by atoms with Gasteiger partial charge in [0, 0.05) is 24.3 Å². The van der Waals surface area contributed by atoms with Gasteiger partial charge in [-0.15, -0.1) is 0 Å². The van der Waals surface area contributed by atoms with Crippen molar-refractivity contribution in [2.45, 2.75) is 39.2 Å². The Bertz CT molecular complexity index is 433. The number of anilines is 1. The summed E-state index contributed by atoms with van der Waals surface area (Å²) in [5.41, 5.74) is 8.62. The van der Waals surface area contributed by atoms with Crippen LogP contribution in [0.3, 0.4) is 0 Å². The Morgan fingerprint density at radius 3 is 2.63 bits per heavy atom. The molecular weight excluding hydrogens is 240 g/mol. The second kappa shape index (κ2) is 5.95. The summed E-state index contributed by atoms with van der Waals surface area (Å²) in [5, 5.41) is 0. The van der Waals surface area contributed by atoms with Gasteiger partial charge < -0.3 is 15.4 Å². The summed E-state index contributed by atoms with van der Waals surface area (Å²) in [5.74, 6) is 0. The number of nitrogen functional groups attached to an aromatic ring is 1. The van der Waals surface area contributed by atoms with E-state index in [1.807, 2.05) is 32.0 Å². The van der Waals surface area contributed by atoms with Gasteiger partial charge in [0.25, 0.3) is 0 Å². The Morgan fingerprint density at radius 1 is 1.32 bits per heavy atom. The highest BCUT2D eigenvalue weighted by molar-refractivity contribution is 5.68. The molecule has 0 aliphatic carbocycles. The average molecular weight is 262 g/mol.